The van der Waals surface area contributed by atoms with Gasteiger partial charge in [-0.1, -0.05) is 18.2 Å². The fourth-order valence-corrected chi connectivity index (χ4v) is 4.55. The first-order valence-electron chi connectivity index (χ1n) is 11.6. The van der Waals surface area contributed by atoms with Crippen molar-refractivity contribution in [3.63, 3.8) is 0 Å². The summed E-state index contributed by atoms with van der Waals surface area (Å²) in [5.74, 6) is -0.469. The summed E-state index contributed by atoms with van der Waals surface area (Å²) < 4.78 is 34.8. The van der Waals surface area contributed by atoms with E-state index in [-0.39, 0.29) is 39.5 Å². The summed E-state index contributed by atoms with van der Waals surface area (Å²) in [7, 11) is 0. The predicted octanol–water partition coefficient (Wildman–Crippen LogP) is 4.70. The molecule has 10 heteroatoms. The molecule has 0 bridgehead atoms. The Balaban J connectivity index is 1.64. The Hall–Kier alpha value is -4.34. The lowest BCUT2D eigenvalue weighted by Crippen LogP contribution is -2.30. The second kappa shape index (κ2) is 9.37. The van der Waals surface area contributed by atoms with E-state index in [0.717, 1.165) is 25.9 Å². The van der Waals surface area contributed by atoms with Crippen molar-refractivity contribution in [2.75, 3.05) is 24.1 Å². The number of anilines is 2. The van der Waals surface area contributed by atoms with E-state index in [9.17, 15) is 13.6 Å². The van der Waals surface area contributed by atoms with Gasteiger partial charge >= 0.3 is 0 Å². The fourth-order valence-electron chi connectivity index (χ4n) is 4.55. The SMILES string of the molecule is CC(Nc1ncnc(N)c1C(=N)N1CCCC1)c1oc2cccc(F)c2c(=O)c1-c1cccc(F)c1. The van der Waals surface area contributed by atoms with Crippen molar-refractivity contribution in [2.24, 2.45) is 0 Å². The average Bonchev–Trinajstić information content (AvgIpc) is 3.39. The van der Waals surface area contributed by atoms with E-state index in [2.05, 4.69) is 15.3 Å². The van der Waals surface area contributed by atoms with Crippen LogP contribution in [0.5, 0.6) is 0 Å². The lowest BCUT2D eigenvalue weighted by molar-refractivity contribution is 0.511. The molecular weight excluding hydrogens is 466 g/mol. The lowest BCUT2D eigenvalue weighted by atomic mass is 9.98. The van der Waals surface area contributed by atoms with Crippen LogP contribution in [-0.4, -0.2) is 33.8 Å². The number of nitrogens with two attached hydrogens (primary N) is 1. The van der Waals surface area contributed by atoms with E-state index in [1.807, 2.05) is 4.90 Å². The highest BCUT2D eigenvalue weighted by Gasteiger charge is 2.26. The summed E-state index contributed by atoms with van der Waals surface area (Å²) >= 11 is 0. The zero-order valence-electron chi connectivity index (χ0n) is 19.5. The molecule has 4 N–H and O–H groups in total. The van der Waals surface area contributed by atoms with E-state index in [0.29, 0.717) is 11.4 Å². The highest BCUT2D eigenvalue weighted by Crippen LogP contribution is 2.33. The summed E-state index contributed by atoms with van der Waals surface area (Å²) in [5.41, 5.74) is 6.22. The largest absolute Gasteiger partial charge is 0.458 e. The number of benzene rings is 2. The summed E-state index contributed by atoms with van der Waals surface area (Å²) in [6, 6.07) is 8.93. The van der Waals surface area contributed by atoms with Crippen molar-refractivity contribution < 1.29 is 13.2 Å². The Morgan fingerprint density at radius 1 is 1.17 bits per heavy atom. The van der Waals surface area contributed by atoms with Gasteiger partial charge in [0.1, 0.15) is 57.7 Å². The standard InChI is InChI=1S/C26H24F2N6O2/c1-14(33-26-21(24(29)31-13-32-26)25(30)34-10-2-3-11-34)23-19(15-6-4-7-16(27)12-15)22(35)20-17(28)8-5-9-18(20)36-23/h4-9,12-14,30H,2-3,10-11H2,1H3,(H3,29,31,32,33). The van der Waals surface area contributed by atoms with Gasteiger partial charge in [-0.3, -0.25) is 10.2 Å². The molecule has 0 radical (unpaired) electrons. The maximum Gasteiger partial charge on any atom is 0.203 e. The van der Waals surface area contributed by atoms with Crippen molar-refractivity contribution in [1.82, 2.24) is 14.9 Å². The third kappa shape index (κ3) is 4.15. The molecule has 1 saturated heterocycles. The number of fused-ring (bicyclic) bond motifs is 1. The van der Waals surface area contributed by atoms with E-state index < -0.39 is 23.1 Å². The smallest absolute Gasteiger partial charge is 0.203 e. The van der Waals surface area contributed by atoms with Crippen LogP contribution in [0, 0.1) is 17.0 Å². The van der Waals surface area contributed by atoms with Gasteiger partial charge in [-0.05, 0) is 49.6 Å². The number of nitrogens with one attached hydrogen (secondary N) is 2. The topological polar surface area (TPSA) is 121 Å². The molecule has 5 rings (SSSR count). The number of hydrogen-bond acceptors (Lipinski definition) is 7. The van der Waals surface area contributed by atoms with Gasteiger partial charge in [0, 0.05) is 13.1 Å². The normalized spacial score (nSPS) is 14.2. The van der Waals surface area contributed by atoms with Gasteiger partial charge in [-0.2, -0.15) is 0 Å². The van der Waals surface area contributed by atoms with Gasteiger partial charge in [0.2, 0.25) is 5.43 Å². The number of likely N-dealkylation sites (tertiary alicyclic amines) is 1. The Bertz CT molecular complexity index is 1530. The first kappa shape index (κ1) is 23.4. The fraction of sp³-hybridized carbons (Fsp3) is 0.231. The van der Waals surface area contributed by atoms with Crippen molar-refractivity contribution in [2.45, 2.75) is 25.8 Å². The minimum atomic E-state index is -0.726. The highest BCUT2D eigenvalue weighted by molar-refractivity contribution is 6.04. The second-order valence-corrected chi connectivity index (χ2v) is 8.69. The van der Waals surface area contributed by atoms with Crippen LogP contribution >= 0.6 is 0 Å². The van der Waals surface area contributed by atoms with Gasteiger partial charge in [-0.25, -0.2) is 18.7 Å². The molecule has 4 aromatic rings. The van der Waals surface area contributed by atoms with Crippen LogP contribution < -0.4 is 16.5 Å². The van der Waals surface area contributed by atoms with Gasteiger partial charge in [0.05, 0.1) is 11.6 Å². The molecular formula is C26H24F2N6O2. The van der Waals surface area contributed by atoms with Crippen LogP contribution in [-0.2, 0) is 0 Å². The highest BCUT2D eigenvalue weighted by atomic mass is 19.1. The number of nitrogen functional groups attached to an aromatic ring is 1. The van der Waals surface area contributed by atoms with E-state index >= 15 is 0 Å². The monoisotopic (exact) mass is 490 g/mol. The minimum Gasteiger partial charge on any atom is -0.458 e. The molecule has 2 aromatic heterocycles. The third-order valence-electron chi connectivity index (χ3n) is 6.29. The molecule has 1 aliphatic heterocycles. The minimum absolute atomic E-state index is 0.0327. The molecule has 2 aromatic carbocycles. The van der Waals surface area contributed by atoms with E-state index in [1.165, 1.54) is 42.7 Å². The van der Waals surface area contributed by atoms with Crippen molar-refractivity contribution in [1.29, 1.82) is 5.41 Å². The first-order valence-corrected chi connectivity index (χ1v) is 11.6. The van der Waals surface area contributed by atoms with Crippen LogP contribution in [0.3, 0.4) is 0 Å². The quantitative estimate of drug-likeness (QED) is 0.274. The van der Waals surface area contributed by atoms with Crippen LogP contribution in [0.15, 0.2) is 58.0 Å². The average molecular weight is 491 g/mol. The number of amidine groups is 1. The van der Waals surface area contributed by atoms with Crippen LogP contribution in [0.4, 0.5) is 20.4 Å². The molecule has 8 nitrogen and oxygen atoms in total. The Kier molecular flexibility index (Phi) is 6.09. The molecule has 3 heterocycles. The Morgan fingerprint density at radius 2 is 1.92 bits per heavy atom. The molecule has 1 unspecified atom stereocenters. The second-order valence-electron chi connectivity index (χ2n) is 8.69. The molecule has 1 aliphatic rings. The predicted molar refractivity (Wildman–Crippen MR) is 134 cm³/mol. The molecule has 0 spiro atoms. The van der Waals surface area contributed by atoms with Crippen LogP contribution in [0.25, 0.3) is 22.1 Å². The molecule has 0 amide bonds. The van der Waals surface area contributed by atoms with Gasteiger partial charge in [0.25, 0.3) is 0 Å². The molecule has 0 aliphatic carbocycles. The lowest BCUT2D eigenvalue weighted by Gasteiger charge is -2.23. The number of hydrogen-bond donors (Lipinski definition) is 3. The van der Waals surface area contributed by atoms with E-state index in [4.69, 9.17) is 15.6 Å². The zero-order chi connectivity index (χ0) is 25.4. The summed E-state index contributed by atoms with van der Waals surface area (Å²) in [5, 5.41) is 11.7. The maximum atomic E-state index is 14.6. The molecule has 0 saturated carbocycles. The van der Waals surface area contributed by atoms with Crippen molar-refractivity contribution in [3.05, 3.63) is 82.0 Å². The molecule has 1 atom stereocenters. The maximum absolute atomic E-state index is 14.6. The number of halogens is 2. The van der Waals surface area contributed by atoms with Crippen LogP contribution in [0.2, 0.25) is 0 Å². The summed E-state index contributed by atoms with van der Waals surface area (Å²) in [6.07, 6.45) is 3.24. The Morgan fingerprint density at radius 3 is 2.67 bits per heavy atom. The first-order chi connectivity index (χ1) is 17.3. The van der Waals surface area contributed by atoms with E-state index in [1.54, 1.807) is 13.0 Å². The van der Waals surface area contributed by atoms with Gasteiger partial charge in [0.15, 0.2) is 0 Å². The van der Waals surface area contributed by atoms with Crippen molar-refractivity contribution in [3.8, 4) is 11.1 Å². The third-order valence-corrected chi connectivity index (χ3v) is 6.29. The van der Waals surface area contributed by atoms with Crippen LogP contribution in [0.1, 0.15) is 37.1 Å². The summed E-state index contributed by atoms with van der Waals surface area (Å²) in [6.45, 7) is 3.20. The van der Waals surface area contributed by atoms with Crippen molar-refractivity contribution >= 4 is 28.4 Å². The summed E-state index contributed by atoms with van der Waals surface area (Å²) in [4.78, 5) is 23.8. The Labute approximate surface area is 205 Å². The number of rotatable bonds is 5. The number of aromatic nitrogens is 2. The number of nitrogens with zero attached hydrogens (tertiary/aromatic N) is 3. The van der Waals surface area contributed by atoms with Gasteiger partial charge < -0.3 is 20.4 Å². The molecule has 36 heavy (non-hydrogen) atoms. The molecule has 184 valence electrons. The molecule has 1 fully saturated rings. The zero-order valence-corrected chi connectivity index (χ0v) is 19.5. The van der Waals surface area contributed by atoms with Gasteiger partial charge in [-0.15, -0.1) is 0 Å².